The lowest BCUT2D eigenvalue weighted by atomic mass is 9.97. The molecule has 0 saturated carbocycles. The monoisotopic (exact) mass is 924 g/mol. The number of nitrogen functional groups attached to an aromatic ring is 1. The average molecular weight is 926 g/mol. The van der Waals surface area contributed by atoms with Gasteiger partial charge in [0.15, 0.2) is 0 Å². The molecule has 67 heavy (non-hydrogen) atoms. The van der Waals surface area contributed by atoms with Crippen molar-refractivity contribution in [3.05, 3.63) is 149 Å². The minimum Gasteiger partial charge on any atom is -0.496 e. The van der Waals surface area contributed by atoms with Gasteiger partial charge in [0, 0.05) is 95.0 Å². The van der Waals surface area contributed by atoms with E-state index >= 15 is 0 Å². The van der Waals surface area contributed by atoms with Crippen molar-refractivity contribution in [3.8, 4) is 11.5 Å². The zero-order chi connectivity index (χ0) is 48.0. The van der Waals surface area contributed by atoms with E-state index in [2.05, 4.69) is 78.6 Å². The van der Waals surface area contributed by atoms with E-state index in [9.17, 15) is 9.59 Å². The van der Waals surface area contributed by atoms with Crippen LogP contribution in [0.25, 0.3) is 0 Å². The van der Waals surface area contributed by atoms with Gasteiger partial charge in [0.2, 0.25) is 23.0 Å². The first kappa shape index (κ1) is 48.9. The number of fused-ring (bicyclic) bond motifs is 2. The predicted octanol–water partition coefficient (Wildman–Crippen LogP) is 8.97. The zero-order valence-corrected chi connectivity index (χ0v) is 39.4. The smallest absolute Gasteiger partial charge is 0.247 e. The second-order valence-corrected chi connectivity index (χ2v) is 16.2. The number of carbonyl (C=O) groups excluding carboxylic acids is 2. The third-order valence-corrected chi connectivity index (χ3v) is 11.1. The summed E-state index contributed by atoms with van der Waals surface area (Å²) in [6.45, 7) is 14.5. The van der Waals surface area contributed by atoms with E-state index in [1.165, 1.54) is 34.4 Å². The quantitative estimate of drug-likeness (QED) is 0.0386. The molecule has 0 fully saturated rings. The Morgan fingerprint density at radius 2 is 1.16 bits per heavy atom. The SMILES string of the molecule is C=CC(=O)Nc1cccc(Nc2nc(Cl)ncc2C)c1.C=CC(=O)Nc1cccc(Nc2nc(Nc3ccc(OC)c4c3CCN(C)C4)ncc2C)c1.COc1ccc(N)c2c1CN(C)CC2. The van der Waals surface area contributed by atoms with Crippen LogP contribution in [0.5, 0.6) is 11.5 Å². The standard InChI is InChI=1S/C25H28N6O2.C14H13ClN4O.C11H16N2O/c1-5-23(32)27-17-7-6-8-18(13-17)28-24-16(2)14-26-25(30-24)29-21-9-10-22(33-4)20-15-31(3)12-11-19(20)21;1-3-12(20)17-10-5-4-6-11(7-10)18-13-9(2)8-16-14(15)19-13;1-13-6-5-8-9(7-13)11(14-2)4-3-10(8)12/h5-10,13-14H,1,11-12,15H2,2-4H3,(H,27,32)(H2,26,28,29,30);3-8H,1H2,2H3,(H,17,20)(H,16,18,19);3-4H,5-7,12H2,1-2H3. The number of ether oxygens (including phenoxy) is 2. The number of anilines is 9. The molecule has 7 N–H and O–H groups in total. The van der Waals surface area contributed by atoms with Crippen LogP contribution >= 0.6 is 11.6 Å². The van der Waals surface area contributed by atoms with Gasteiger partial charge in [-0.2, -0.15) is 4.98 Å². The van der Waals surface area contributed by atoms with Crippen LogP contribution in [0.15, 0.2) is 111 Å². The lowest BCUT2D eigenvalue weighted by Crippen LogP contribution is -2.27. The first-order chi connectivity index (χ1) is 32.3. The number of carbonyl (C=O) groups is 2. The largest absolute Gasteiger partial charge is 0.496 e. The van der Waals surface area contributed by atoms with Gasteiger partial charge >= 0.3 is 0 Å². The molecule has 348 valence electrons. The number of nitrogens with one attached hydrogen (secondary N) is 5. The van der Waals surface area contributed by atoms with Crippen molar-refractivity contribution in [2.45, 2.75) is 39.8 Å². The number of benzene rings is 4. The number of rotatable bonds is 12. The molecular weight excluding hydrogens is 868 g/mol. The van der Waals surface area contributed by atoms with Crippen molar-refractivity contribution >= 4 is 75.1 Å². The minimum absolute atomic E-state index is 0.175. The van der Waals surface area contributed by atoms with Crippen LogP contribution in [0.4, 0.5) is 51.7 Å². The molecule has 2 aliphatic rings. The third kappa shape index (κ3) is 13.3. The molecule has 4 aromatic carbocycles. The number of hydrogen-bond donors (Lipinski definition) is 6. The number of aryl methyl sites for hydroxylation is 2. The summed E-state index contributed by atoms with van der Waals surface area (Å²) in [6, 6.07) is 22.6. The van der Waals surface area contributed by atoms with Crippen molar-refractivity contribution in [3.63, 3.8) is 0 Å². The molecule has 4 heterocycles. The number of methoxy groups -OCH3 is 2. The normalized spacial score (nSPS) is 12.8. The number of nitrogens with two attached hydrogens (primary N) is 1. The highest BCUT2D eigenvalue weighted by molar-refractivity contribution is 6.28. The van der Waals surface area contributed by atoms with Crippen LogP contribution in [0.1, 0.15) is 33.4 Å². The highest BCUT2D eigenvalue weighted by Gasteiger charge is 2.22. The molecule has 0 spiro atoms. The Morgan fingerprint density at radius 1 is 0.672 bits per heavy atom. The molecule has 2 aromatic heterocycles. The lowest BCUT2D eigenvalue weighted by molar-refractivity contribution is -0.112. The van der Waals surface area contributed by atoms with Crippen molar-refractivity contribution in [1.29, 1.82) is 0 Å². The molecule has 0 unspecified atom stereocenters. The van der Waals surface area contributed by atoms with E-state index in [0.717, 1.165) is 84.4 Å². The Balaban J connectivity index is 0.000000184. The minimum atomic E-state index is -0.261. The van der Waals surface area contributed by atoms with Gasteiger partial charge in [-0.1, -0.05) is 25.3 Å². The number of likely N-dealkylation sites (N-methyl/N-ethyl adjacent to an activating group) is 2. The Bertz CT molecular complexity index is 2750. The molecule has 16 nitrogen and oxygen atoms in total. The number of aromatic nitrogens is 4. The van der Waals surface area contributed by atoms with Crippen LogP contribution in [-0.2, 0) is 35.5 Å². The molecular formula is C50H57ClN12O4. The Labute approximate surface area is 396 Å². The fourth-order valence-corrected chi connectivity index (χ4v) is 7.53. The zero-order valence-electron chi connectivity index (χ0n) is 38.7. The topological polar surface area (TPSA) is 197 Å². The Morgan fingerprint density at radius 3 is 1.72 bits per heavy atom. The van der Waals surface area contributed by atoms with Gasteiger partial charge in [-0.15, -0.1) is 0 Å². The highest BCUT2D eigenvalue weighted by atomic mass is 35.5. The first-order valence-electron chi connectivity index (χ1n) is 21.5. The van der Waals surface area contributed by atoms with E-state index in [0.29, 0.717) is 29.0 Å². The van der Waals surface area contributed by atoms with Crippen LogP contribution in [-0.4, -0.2) is 83.0 Å². The molecule has 0 atom stereocenters. The van der Waals surface area contributed by atoms with Gasteiger partial charge in [0.25, 0.3) is 0 Å². The molecule has 17 heteroatoms. The first-order valence-corrected chi connectivity index (χ1v) is 21.9. The summed E-state index contributed by atoms with van der Waals surface area (Å²) in [4.78, 5) is 44.6. The maximum atomic E-state index is 11.6. The van der Waals surface area contributed by atoms with Gasteiger partial charge in [-0.3, -0.25) is 9.59 Å². The van der Waals surface area contributed by atoms with E-state index in [1.54, 1.807) is 38.7 Å². The maximum Gasteiger partial charge on any atom is 0.247 e. The van der Waals surface area contributed by atoms with E-state index < -0.39 is 0 Å². The summed E-state index contributed by atoms with van der Waals surface area (Å²) in [5, 5.41) is 15.5. The summed E-state index contributed by atoms with van der Waals surface area (Å²) in [5.41, 5.74) is 17.5. The molecule has 6 aromatic rings. The molecule has 2 aliphatic heterocycles. The molecule has 0 saturated heterocycles. The van der Waals surface area contributed by atoms with Crippen LogP contribution in [0.2, 0.25) is 5.28 Å². The number of hydrogen-bond acceptors (Lipinski definition) is 14. The number of amides is 2. The van der Waals surface area contributed by atoms with Gasteiger partial charge in [-0.05, 0) is 136 Å². The maximum absolute atomic E-state index is 11.6. The fraction of sp³-hybridized carbons (Fsp3) is 0.240. The van der Waals surface area contributed by atoms with Gasteiger partial charge in [0.1, 0.15) is 23.1 Å². The van der Waals surface area contributed by atoms with Gasteiger partial charge in [-0.25, -0.2) is 15.0 Å². The second kappa shape index (κ2) is 23.1. The molecule has 8 rings (SSSR count). The number of halogens is 1. The van der Waals surface area contributed by atoms with Gasteiger partial charge < -0.3 is 51.6 Å². The molecule has 2 amide bonds. The van der Waals surface area contributed by atoms with Gasteiger partial charge in [0.05, 0.1) is 14.2 Å². The summed E-state index contributed by atoms with van der Waals surface area (Å²) >= 11 is 5.77. The second-order valence-electron chi connectivity index (χ2n) is 15.9. The predicted molar refractivity (Wildman–Crippen MR) is 269 cm³/mol. The Kier molecular flexibility index (Phi) is 16.9. The van der Waals surface area contributed by atoms with Crippen molar-refractivity contribution < 1.29 is 19.1 Å². The van der Waals surface area contributed by atoms with E-state index in [-0.39, 0.29) is 17.1 Å². The highest BCUT2D eigenvalue weighted by Crippen LogP contribution is 2.35. The Hall–Kier alpha value is -7.53. The van der Waals surface area contributed by atoms with Crippen molar-refractivity contribution in [2.75, 3.05) is 73.7 Å². The third-order valence-electron chi connectivity index (χ3n) is 10.9. The summed E-state index contributed by atoms with van der Waals surface area (Å²) in [5.74, 6) is 3.15. The lowest BCUT2D eigenvalue weighted by Gasteiger charge is -2.28. The summed E-state index contributed by atoms with van der Waals surface area (Å²) in [6.07, 6.45) is 7.82. The van der Waals surface area contributed by atoms with E-state index in [4.69, 9.17) is 31.8 Å². The van der Waals surface area contributed by atoms with Crippen molar-refractivity contribution in [2.24, 2.45) is 0 Å². The fourth-order valence-electron chi connectivity index (χ4n) is 7.40. The summed E-state index contributed by atoms with van der Waals surface area (Å²) < 4.78 is 10.9. The molecule has 0 bridgehead atoms. The van der Waals surface area contributed by atoms with Crippen LogP contribution in [0, 0.1) is 13.8 Å². The van der Waals surface area contributed by atoms with E-state index in [1.807, 2.05) is 74.5 Å². The summed E-state index contributed by atoms with van der Waals surface area (Å²) in [7, 11) is 7.64. The van der Waals surface area contributed by atoms with Crippen LogP contribution < -0.4 is 41.8 Å². The molecule has 0 radical (unpaired) electrons. The van der Waals surface area contributed by atoms with Crippen LogP contribution in [0.3, 0.4) is 0 Å². The molecule has 0 aliphatic carbocycles. The average Bonchev–Trinajstić information content (AvgIpc) is 3.32. The number of nitrogens with zero attached hydrogens (tertiary/aromatic N) is 6. The van der Waals surface area contributed by atoms with Crippen molar-refractivity contribution in [1.82, 2.24) is 29.7 Å².